The zero-order valence-electron chi connectivity index (χ0n) is 15.8. The first kappa shape index (κ1) is 19.9. The third-order valence-electron chi connectivity index (χ3n) is 4.16. The Balaban J connectivity index is 1.37. The summed E-state index contributed by atoms with van der Waals surface area (Å²) in [5.74, 6) is 2.00. The van der Waals surface area contributed by atoms with Crippen LogP contribution in [0.5, 0.6) is 0 Å². The maximum atomic E-state index is 5.73. The van der Waals surface area contributed by atoms with Crippen LogP contribution in [0.1, 0.15) is 25.5 Å². The second kappa shape index (κ2) is 11.1. The van der Waals surface area contributed by atoms with Crippen LogP contribution in [0.3, 0.4) is 0 Å². The summed E-state index contributed by atoms with van der Waals surface area (Å²) in [6.07, 6.45) is 3.72. The van der Waals surface area contributed by atoms with Gasteiger partial charge in [-0.3, -0.25) is 0 Å². The minimum absolute atomic E-state index is 0.475. The molecule has 0 saturated carbocycles. The number of aliphatic imine (C=N–C) groups is 1. The van der Waals surface area contributed by atoms with Gasteiger partial charge >= 0.3 is 0 Å². The van der Waals surface area contributed by atoms with Crippen molar-refractivity contribution in [1.82, 2.24) is 15.6 Å². The third kappa shape index (κ3) is 6.64. The van der Waals surface area contributed by atoms with E-state index in [9.17, 15) is 0 Å². The molecule has 1 unspecified atom stereocenters. The van der Waals surface area contributed by atoms with E-state index in [4.69, 9.17) is 13.9 Å². The van der Waals surface area contributed by atoms with E-state index in [0.717, 1.165) is 68.9 Å². The van der Waals surface area contributed by atoms with E-state index < -0.39 is 0 Å². The molecule has 0 aliphatic carbocycles. The largest absolute Gasteiger partial charge is 0.443 e. The predicted molar refractivity (Wildman–Crippen MR) is 107 cm³/mol. The third-order valence-corrected chi connectivity index (χ3v) is 5.02. The number of hydrogen-bond donors (Lipinski definition) is 2. The standard InChI is InChI=1S/C19H28N4O3S/c1-2-20-19(21-7-4-8-24-12-15-6-9-25-13-15)22-11-16-14-26-18(23-16)17-5-3-10-27-17/h3,5,10,14-15H,2,4,6-9,11-13H2,1H3,(H2,20,21,22). The number of aromatic nitrogens is 1. The van der Waals surface area contributed by atoms with E-state index in [2.05, 4.69) is 27.5 Å². The van der Waals surface area contributed by atoms with Crippen molar-refractivity contribution < 1.29 is 13.9 Å². The van der Waals surface area contributed by atoms with Crippen LogP contribution in [0, 0.1) is 5.92 Å². The van der Waals surface area contributed by atoms with Crippen molar-refractivity contribution in [3.8, 4) is 10.8 Å². The van der Waals surface area contributed by atoms with Crippen molar-refractivity contribution in [1.29, 1.82) is 0 Å². The van der Waals surface area contributed by atoms with Crippen molar-refractivity contribution >= 4 is 17.3 Å². The van der Waals surface area contributed by atoms with Gasteiger partial charge in [-0.15, -0.1) is 11.3 Å². The fourth-order valence-corrected chi connectivity index (χ4v) is 3.40. The summed E-state index contributed by atoms with van der Waals surface area (Å²) >= 11 is 1.61. The molecule has 1 aliphatic rings. The Morgan fingerprint density at radius 2 is 2.41 bits per heavy atom. The average Bonchev–Trinajstić information content (AvgIpc) is 3.44. The maximum Gasteiger partial charge on any atom is 0.236 e. The van der Waals surface area contributed by atoms with Gasteiger partial charge in [0.2, 0.25) is 5.89 Å². The molecule has 0 aromatic carbocycles. The van der Waals surface area contributed by atoms with Crippen LogP contribution in [-0.4, -0.2) is 50.5 Å². The first-order valence-electron chi connectivity index (χ1n) is 9.51. The van der Waals surface area contributed by atoms with Crippen molar-refractivity contribution in [3.63, 3.8) is 0 Å². The quantitative estimate of drug-likeness (QED) is 0.368. The Kier molecular flexibility index (Phi) is 8.13. The Morgan fingerprint density at radius 3 is 3.19 bits per heavy atom. The zero-order chi connectivity index (χ0) is 18.7. The highest BCUT2D eigenvalue weighted by Crippen LogP contribution is 2.23. The molecule has 3 rings (SSSR count). The normalized spacial score (nSPS) is 17.4. The Hall–Kier alpha value is -1.90. The minimum atomic E-state index is 0.475. The summed E-state index contributed by atoms with van der Waals surface area (Å²) in [6, 6.07) is 3.98. The molecule has 1 atom stereocenters. The Morgan fingerprint density at radius 1 is 1.44 bits per heavy atom. The molecule has 3 heterocycles. The molecule has 2 aromatic rings. The first-order valence-corrected chi connectivity index (χ1v) is 10.4. The molecule has 2 aromatic heterocycles. The monoisotopic (exact) mass is 392 g/mol. The van der Waals surface area contributed by atoms with Crippen LogP contribution >= 0.6 is 11.3 Å². The number of hydrogen-bond acceptors (Lipinski definition) is 6. The summed E-state index contributed by atoms with van der Waals surface area (Å²) in [5, 5.41) is 8.59. The minimum Gasteiger partial charge on any atom is -0.443 e. The number of ether oxygens (including phenoxy) is 2. The molecule has 27 heavy (non-hydrogen) atoms. The van der Waals surface area contributed by atoms with Crippen LogP contribution in [0.15, 0.2) is 33.2 Å². The van der Waals surface area contributed by atoms with Crippen LogP contribution in [0.25, 0.3) is 10.8 Å². The van der Waals surface area contributed by atoms with E-state index in [-0.39, 0.29) is 0 Å². The molecule has 148 valence electrons. The van der Waals surface area contributed by atoms with Crippen molar-refractivity contribution in [3.05, 3.63) is 29.5 Å². The van der Waals surface area contributed by atoms with E-state index in [1.165, 1.54) is 0 Å². The first-order chi connectivity index (χ1) is 13.3. The van der Waals surface area contributed by atoms with Gasteiger partial charge in [-0.25, -0.2) is 9.98 Å². The summed E-state index contributed by atoms with van der Waals surface area (Å²) in [6.45, 7) is 7.40. The maximum absolute atomic E-state index is 5.73. The van der Waals surface area contributed by atoms with E-state index in [1.807, 2.05) is 17.5 Å². The summed E-state index contributed by atoms with van der Waals surface area (Å²) in [7, 11) is 0. The fourth-order valence-electron chi connectivity index (χ4n) is 2.74. The molecule has 1 fully saturated rings. The van der Waals surface area contributed by atoms with Gasteiger partial charge in [0.05, 0.1) is 24.6 Å². The number of nitrogens with one attached hydrogen (secondary N) is 2. The predicted octanol–water partition coefficient (Wildman–Crippen LogP) is 2.90. The lowest BCUT2D eigenvalue weighted by molar-refractivity contribution is 0.0888. The highest BCUT2D eigenvalue weighted by molar-refractivity contribution is 7.13. The lowest BCUT2D eigenvalue weighted by Crippen LogP contribution is -2.38. The average molecular weight is 393 g/mol. The number of rotatable bonds is 10. The van der Waals surface area contributed by atoms with Gasteiger partial charge in [-0.2, -0.15) is 0 Å². The molecule has 0 spiro atoms. The molecule has 0 bridgehead atoms. The second-order valence-corrected chi connectivity index (χ2v) is 7.35. The molecule has 1 saturated heterocycles. The molecule has 0 amide bonds. The van der Waals surface area contributed by atoms with E-state index in [0.29, 0.717) is 18.4 Å². The Labute approximate surface area is 164 Å². The highest BCUT2D eigenvalue weighted by atomic mass is 32.1. The summed E-state index contributed by atoms with van der Waals surface area (Å²) < 4.78 is 16.6. The molecule has 8 heteroatoms. The SMILES string of the molecule is CCNC(=NCc1coc(-c2cccs2)n1)NCCCOCC1CCOC1. The number of guanidine groups is 1. The summed E-state index contributed by atoms with van der Waals surface area (Å²) in [5.41, 5.74) is 0.817. The second-order valence-electron chi connectivity index (χ2n) is 6.40. The van der Waals surface area contributed by atoms with Gasteiger partial charge in [-0.05, 0) is 31.2 Å². The van der Waals surface area contributed by atoms with E-state index >= 15 is 0 Å². The number of oxazole rings is 1. The number of thiophene rings is 1. The van der Waals surface area contributed by atoms with Crippen molar-refractivity contribution in [2.45, 2.75) is 26.3 Å². The number of nitrogens with zero attached hydrogens (tertiary/aromatic N) is 2. The summed E-state index contributed by atoms with van der Waals surface area (Å²) in [4.78, 5) is 10.1. The zero-order valence-corrected chi connectivity index (χ0v) is 16.6. The van der Waals surface area contributed by atoms with Gasteiger partial charge in [0.15, 0.2) is 5.96 Å². The van der Waals surface area contributed by atoms with Crippen molar-refractivity contribution in [2.24, 2.45) is 10.9 Å². The van der Waals surface area contributed by atoms with Gasteiger partial charge in [-0.1, -0.05) is 6.07 Å². The molecular weight excluding hydrogens is 364 g/mol. The van der Waals surface area contributed by atoms with Crippen LogP contribution < -0.4 is 10.6 Å². The fraction of sp³-hybridized carbons (Fsp3) is 0.579. The van der Waals surface area contributed by atoms with Gasteiger partial charge in [0.25, 0.3) is 0 Å². The molecule has 0 radical (unpaired) electrons. The van der Waals surface area contributed by atoms with Crippen LogP contribution in [-0.2, 0) is 16.0 Å². The molecule has 2 N–H and O–H groups in total. The smallest absolute Gasteiger partial charge is 0.236 e. The van der Waals surface area contributed by atoms with E-state index in [1.54, 1.807) is 17.6 Å². The molecule has 1 aliphatic heterocycles. The Bertz CT molecular complexity index is 681. The topological polar surface area (TPSA) is 80.9 Å². The van der Waals surface area contributed by atoms with Crippen molar-refractivity contribution in [2.75, 3.05) is 39.5 Å². The van der Waals surface area contributed by atoms with Gasteiger partial charge in [0, 0.05) is 32.2 Å². The van der Waals surface area contributed by atoms with Gasteiger partial charge in [0.1, 0.15) is 12.0 Å². The van der Waals surface area contributed by atoms with Crippen LogP contribution in [0.4, 0.5) is 0 Å². The van der Waals surface area contributed by atoms with Gasteiger partial charge < -0.3 is 24.5 Å². The van der Waals surface area contributed by atoms with Crippen LogP contribution in [0.2, 0.25) is 0 Å². The lowest BCUT2D eigenvalue weighted by atomic mass is 10.1. The lowest BCUT2D eigenvalue weighted by Gasteiger charge is -2.12. The highest BCUT2D eigenvalue weighted by Gasteiger charge is 2.15. The molecule has 7 nitrogen and oxygen atoms in total. The molecular formula is C19H28N4O3S.